The van der Waals surface area contributed by atoms with Crippen molar-refractivity contribution in [3.05, 3.63) is 42.1 Å². The summed E-state index contributed by atoms with van der Waals surface area (Å²) in [5.41, 5.74) is 0.911. The molecule has 0 bridgehead atoms. The van der Waals surface area contributed by atoms with Crippen molar-refractivity contribution in [3.8, 4) is 0 Å². The highest BCUT2D eigenvalue weighted by Gasteiger charge is 2.25. The van der Waals surface area contributed by atoms with Crippen molar-refractivity contribution >= 4 is 11.8 Å². The van der Waals surface area contributed by atoms with Gasteiger partial charge in [-0.2, -0.15) is 4.98 Å². The van der Waals surface area contributed by atoms with Crippen LogP contribution in [0.15, 0.2) is 30.7 Å². The Morgan fingerprint density at radius 2 is 2.11 bits per heavy atom. The molecule has 150 valence electrons. The molecule has 0 N–H and O–H groups in total. The Hall–Kier alpha value is -2.32. The lowest BCUT2D eigenvalue weighted by atomic mass is 10.0. The van der Waals surface area contributed by atoms with E-state index < -0.39 is 0 Å². The van der Waals surface area contributed by atoms with E-state index in [1.165, 1.54) is 6.20 Å². The average molecular weight is 386 g/mol. The second-order valence-electron chi connectivity index (χ2n) is 7.47. The highest BCUT2D eigenvalue weighted by Crippen LogP contribution is 2.22. The molecular weight excluding hydrogens is 359 g/mol. The summed E-state index contributed by atoms with van der Waals surface area (Å²) in [6.45, 7) is 5.82. The van der Waals surface area contributed by atoms with Crippen LogP contribution in [0.5, 0.6) is 0 Å². The molecule has 4 rings (SSSR count). The number of halogens is 1. The number of aromatic nitrogens is 3. The largest absolute Gasteiger partial charge is 0.378 e. The normalized spacial score (nSPS) is 20.9. The fourth-order valence-corrected chi connectivity index (χ4v) is 3.93. The van der Waals surface area contributed by atoms with Crippen LogP contribution in [0, 0.1) is 5.82 Å². The average Bonchev–Trinajstić information content (AvgIpc) is 2.74. The Morgan fingerprint density at radius 1 is 1.25 bits per heavy atom. The molecule has 8 heteroatoms. The lowest BCUT2D eigenvalue weighted by Crippen LogP contribution is -2.47. The molecule has 1 atom stereocenters. The van der Waals surface area contributed by atoms with Crippen molar-refractivity contribution in [2.45, 2.75) is 25.4 Å². The molecule has 2 aliphatic rings. The van der Waals surface area contributed by atoms with Gasteiger partial charge in [-0.3, -0.25) is 9.88 Å². The van der Waals surface area contributed by atoms with Crippen LogP contribution < -0.4 is 9.80 Å². The first-order valence-corrected chi connectivity index (χ1v) is 9.89. The molecule has 0 spiro atoms. The molecule has 1 unspecified atom stereocenters. The standard InChI is InChI=1S/C20H27FN6O/c1-25(20-23-5-4-19(24-20)27-7-9-28-10-8-27)18-3-2-6-26(15-18)14-16-11-17(21)13-22-12-16/h4-5,11-13,18H,2-3,6-10,14-15H2,1H3. The number of morpholine rings is 1. The van der Waals surface area contributed by atoms with E-state index >= 15 is 0 Å². The predicted octanol–water partition coefficient (Wildman–Crippen LogP) is 1.95. The van der Waals surface area contributed by atoms with Gasteiger partial charge in [-0.1, -0.05) is 0 Å². The van der Waals surface area contributed by atoms with Crippen molar-refractivity contribution in [3.63, 3.8) is 0 Å². The number of hydrogen-bond donors (Lipinski definition) is 0. The van der Waals surface area contributed by atoms with Crippen molar-refractivity contribution in [2.75, 3.05) is 56.2 Å². The Balaban J connectivity index is 1.41. The minimum Gasteiger partial charge on any atom is -0.378 e. The first kappa shape index (κ1) is 19.0. The number of pyridine rings is 1. The highest BCUT2D eigenvalue weighted by molar-refractivity contribution is 5.44. The molecule has 4 heterocycles. The smallest absolute Gasteiger partial charge is 0.227 e. The van der Waals surface area contributed by atoms with Crippen molar-refractivity contribution in [1.29, 1.82) is 0 Å². The summed E-state index contributed by atoms with van der Waals surface area (Å²) < 4.78 is 18.9. The monoisotopic (exact) mass is 386 g/mol. The number of piperidine rings is 1. The molecule has 7 nitrogen and oxygen atoms in total. The van der Waals surface area contributed by atoms with Gasteiger partial charge in [-0.25, -0.2) is 9.37 Å². The third-order valence-electron chi connectivity index (χ3n) is 5.47. The van der Waals surface area contributed by atoms with Gasteiger partial charge in [-0.15, -0.1) is 0 Å². The van der Waals surface area contributed by atoms with E-state index in [1.807, 2.05) is 12.3 Å². The van der Waals surface area contributed by atoms with E-state index in [1.54, 1.807) is 12.3 Å². The van der Waals surface area contributed by atoms with Crippen LogP contribution >= 0.6 is 0 Å². The third-order valence-corrected chi connectivity index (χ3v) is 5.47. The zero-order valence-corrected chi connectivity index (χ0v) is 16.3. The van der Waals surface area contributed by atoms with Crippen molar-refractivity contribution < 1.29 is 9.13 Å². The van der Waals surface area contributed by atoms with Crippen LogP contribution in [-0.2, 0) is 11.3 Å². The Bertz CT molecular complexity index is 785. The summed E-state index contributed by atoms with van der Waals surface area (Å²) in [4.78, 5) is 20.0. The van der Waals surface area contributed by atoms with Gasteiger partial charge >= 0.3 is 0 Å². The molecule has 0 aliphatic carbocycles. The number of likely N-dealkylation sites (tertiary alicyclic amines) is 1. The molecule has 0 amide bonds. The van der Waals surface area contributed by atoms with Gasteiger partial charge in [0.1, 0.15) is 11.6 Å². The second-order valence-corrected chi connectivity index (χ2v) is 7.47. The van der Waals surface area contributed by atoms with Crippen LogP contribution in [0.25, 0.3) is 0 Å². The topological polar surface area (TPSA) is 57.6 Å². The fraction of sp³-hybridized carbons (Fsp3) is 0.550. The van der Waals surface area contributed by atoms with Crippen LogP contribution in [0.3, 0.4) is 0 Å². The van der Waals surface area contributed by atoms with E-state index in [-0.39, 0.29) is 5.82 Å². The van der Waals surface area contributed by atoms with E-state index in [4.69, 9.17) is 9.72 Å². The molecule has 0 saturated carbocycles. The molecule has 28 heavy (non-hydrogen) atoms. The molecule has 0 aromatic carbocycles. The molecule has 2 aromatic rings. The minimum absolute atomic E-state index is 0.281. The zero-order valence-electron chi connectivity index (χ0n) is 16.3. The third kappa shape index (κ3) is 4.56. The number of ether oxygens (including phenoxy) is 1. The lowest BCUT2D eigenvalue weighted by molar-refractivity contribution is 0.122. The number of anilines is 2. The fourth-order valence-electron chi connectivity index (χ4n) is 3.93. The van der Waals surface area contributed by atoms with Crippen LogP contribution in [0.1, 0.15) is 18.4 Å². The summed E-state index contributed by atoms with van der Waals surface area (Å²) in [7, 11) is 2.07. The van der Waals surface area contributed by atoms with E-state index in [2.05, 4.69) is 31.7 Å². The van der Waals surface area contributed by atoms with Gasteiger partial charge in [-0.05, 0) is 37.1 Å². The van der Waals surface area contributed by atoms with Crippen LogP contribution in [0.4, 0.5) is 16.2 Å². The summed E-state index contributed by atoms with van der Waals surface area (Å²) in [5.74, 6) is 1.43. The first-order valence-electron chi connectivity index (χ1n) is 9.89. The molecule has 2 fully saturated rings. The maximum Gasteiger partial charge on any atom is 0.227 e. The lowest BCUT2D eigenvalue weighted by Gasteiger charge is -2.38. The highest BCUT2D eigenvalue weighted by atomic mass is 19.1. The molecule has 2 aliphatic heterocycles. The van der Waals surface area contributed by atoms with Gasteiger partial charge in [0.2, 0.25) is 5.95 Å². The number of rotatable bonds is 5. The number of hydrogen-bond acceptors (Lipinski definition) is 7. The molecule has 2 saturated heterocycles. The minimum atomic E-state index is -0.281. The maximum atomic E-state index is 13.4. The van der Waals surface area contributed by atoms with Gasteiger partial charge in [0.25, 0.3) is 0 Å². The summed E-state index contributed by atoms with van der Waals surface area (Å²) in [6, 6.07) is 3.86. The van der Waals surface area contributed by atoms with Gasteiger partial charge in [0.05, 0.1) is 19.4 Å². The molecular formula is C20H27FN6O. The van der Waals surface area contributed by atoms with E-state index in [0.717, 1.165) is 69.6 Å². The van der Waals surface area contributed by atoms with Crippen molar-refractivity contribution in [2.24, 2.45) is 0 Å². The second kappa shape index (κ2) is 8.79. The predicted molar refractivity (Wildman–Crippen MR) is 106 cm³/mol. The van der Waals surface area contributed by atoms with Gasteiger partial charge in [0, 0.05) is 51.7 Å². The Kier molecular flexibility index (Phi) is 5.97. The van der Waals surface area contributed by atoms with Crippen LogP contribution in [-0.4, -0.2) is 72.3 Å². The van der Waals surface area contributed by atoms with E-state index in [9.17, 15) is 4.39 Å². The Morgan fingerprint density at radius 3 is 2.93 bits per heavy atom. The zero-order chi connectivity index (χ0) is 19.3. The number of likely N-dealkylation sites (N-methyl/N-ethyl adjacent to an activating group) is 1. The van der Waals surface area contributed by atoms with Crippen LogP contribution in [0.2, 0.25) is 0 Å². The maximum absolute atomic E-state index is 13.4. The summed E-state index contributed by atoms with van der Waals surface area (Å²) in [6.07, 6.45) is 7.02. The number of nitrogens with zero attached hydrogens (tertiary/aromatic N) is 6. The Labute approximate surface area is 165 Å². The van der Waals surface area contributed by atoms with Gasteiger partial charge < -0.3 is 14.5 Å². The molecule has 0 radical (unpaired) electrons. The quantitative estimate of drug-likeness (QED) is 0.778. The van der Waals surface area contributed by atoms with E-state index in [0.29, 0.717) is 12.6 Å². The SMILES string of the molecule is CN(c1nccc(N2CCOCC2)n1)C1CCCN(Cc2cncc(F)c2)C1. The summed E-state index contributed by atoms with van der Waals surface area (Å²) in [5, 5.41) is 0. The molecule has 2 aromatic heterocycles. The summed E-state index contributed by atoms with van der Waals surface area (Å²) >= 11 is 0. The van der Waals surface area contributed by atoms with Gasteiger partial charge in [0.15, 0.2) is 0 Å². The first-order chi connectivity index (χ1) is 13.7. The van der Waals surface area contributed by atoms with Crippen molar-refractivity contribution in [1.82, 2.24) is 19.9 Å².